The number of rotatable bonds is 4. The van der Waals surface area contributed by atoms with Crippen LogP contribution in [0.3, 0.4) is 0 Å². The van der Waals surface area contributed by atoms with Crippen LogP contribution in [-0.2, 0) is 0 Å². The van der Waals surface area contributed by atoms with Crippen molar-refractivity contribution < 1.29 is 5.11 Å². The normalized spacial score (nSPS) is 44.0. The van der Waals surface area contributed by atoms with Crippen molar-refractivity contribution in [1.29, 1.82) is 0 Å². The number of hydrogen-bond donors (Lipinski definition) is 1. The molecule has 1 heteroatoms. The summed E-state index contributed by atoms with van der Waals surface area (Å²) in [7, 11) is 0. The summed E-state index contributed by atoms with van der Waals surface area (Å²) in [5.41, 5.74) is 3.65. The van der Waals surface area contributed by atoms with E-state index in [1.54, 1.807) is 5.57 Å². The number of allylic oxidation sites excluding steroid dienone is 5. The third-order valence-corrected chi connectivity index (χ3v) is 10.1. The first kappa shape index (κ1) is 21.4. The molecule has 0 aliphatic heterocycles. The fourth-order valence-electron chi connectivity index (χ4n) is 7.67. The molecule has 0 aromatic carbocycles. The van der Waals surface area contributed by atoms with Crippen LogP contribution in [0.1, 0.15) is 86.5 Å². The van der Waals surface area contributed by atoms with E-state index < -0.39 is 0 Å². The standard InChI is InChI=1S/C28H44O/c1-18(2)19(3)10-11-20(4)23-14-15-24-22-13-12-21-8-7-9-26(29)28(21,6)25(22)16-17-27(23,24)5/h10-13,18-20,23-26,29H,7-9,14-17H2,1-6H3/b11-10+/t19-,20+,23+,24-,25-,26?,27+,28-/m0/s1. The quantitative estimate of drug-likeness (QED) is 0.493. The van der Waals surface area contributed by atoms with Crippen LogP contribution in [0, 0.1) is 46.3 Å². The Balaban J connectivity index is 1.58. The minimum Gasteiger partial charge on any atom is -0.392 e. The predicted molar refractivity (Wildman–Crippen MR) is 123 cm³/mol. The highest BCUT2D eigenvalue weighted by Crippen LogP contribution is 2.65. The zero-order chi connectivity index (χ0) is 21.0. The lowest BCUT2D eigenvalue weighted by Gasteiger charge is -2.56. The molecule has 0 aromatic heterocycles. The van der Waals surface area contributed by atoms with E-state index in [9.17, 15) is 5.11 Å². The first-order valence-electron chi connectivity index (χ1n) is 12.5. The van der Waals surface area contributed by atoms with Gasteiger partial charge in [-0.25, -0.2) is 0 Å². The van der Waals surface area contributed by atoms with Crippen LogP contribution in [0.15, 0.2) is 35.5 Å². The Labute approximate surface area is 179 Å². The molecule has 1 nitrogen and oxygen atoms in total. The average molecular weight is 397 g/mol. The van der Waals surface area contributed by atoms with Gasteiger partial charge < -0.3 is 5.11 Å². The highest BCUT2D eigenvalue weighted by molar-refractivity contribution is 5.39. The third kappa shape index (κ3) is 3.31. The van der Waals surface area contributed by atoms with Crippen molar-refractivity contribution >= 4 is 0 Å². The van der Waals surface area contributed by atoms with Gasteiger partial charge in [0.2, 0.25) is 0 Å². The zero-order valence-corrected chi connectivity index (χ0v) is 19.7. The minimum atomic E-state index is -0.155. The van der Waals surface area contributed by atoms with Gasteiger partial charge in [-0.2, -0.15) is 0 Å². The van der Waals surface area contributed by atoms with Crippen molar-refractivity contribution in [3.05, 3.63) is 35.5 Å². The lowest BCUT2D eigenvalue weighted by atomic mass is 9.49. The van der Waals surface area contributed by atoms with E-state index in [0.29, 0.717) is 29.1 Å². The van der Waals surface area contributed by atoms with Crippen molar-refractivity contribution in [2.24, 2.45) is 46.3 Å². The van der Waals surface area contributed by atoms with Crippen LogP contribution in [0.5, 0.6) is 0 Å². The lowest BCUT2D eigenvalue weighted by molar-refractivity contribution is -0.0229. The second-order valence-electron chi connectivity index (χ2n) is 11.7. The van der Waals surface area contributed by atoms with Crippen molar-refractivity contribution in [2.75, 3.05) is 0 Å². The van der Waals surface area contributed by atoms with Gasteiger partial charge >= 0.3 is 0 Å². The van der Waals surface area contributed by atoms with Gasteiger partial charge in [-0.3, -0.25) is 0 Å². The summed E-state index contributed by atoms with van der Waals surface area (Å²) < 4.78 is 0. The summed E-state index contributed by atoms with van der Waals surface area (Å²) in [6, 6.07) is 0. The van der Waals surface area contributed by atoms with Crippen LogP contribution in [-0.4, -0.2) is 11.2 Å². The summed E-state index contributed by atoms with van der Waals surface area (Å²) in [6.45, 7) is 14.4. The molecular weight excluding hydrogens is 352 g/mol. The van der Waals surface area contributed by atoms with Crippen molar-refractivity contribution in [3.8, 4) is 0 Å². The SMILES string of the molecule is CC(C)[C@@H](C)/C=C/[C@@H](C)[C@H]1CC[C@H]2C3=CC=C4CCCC(O)[C@]4(C)[C@H]3CC[C@]12C. The van der Waals surface area contributed by atoms with Gasteiger partial charge in [0.1, 0.15) is 0 Å². The fourth-order valence-corrected chi connectivity index (χ4v) is 7.67. The van der Waals surface area contributed by atoms with Gasteiger partial charge in [0.05, 0.1) is 6.10 Å². The molecule has 3 fully saturated rings. The summed E-state index contributed by atoms with van der Waals surface area (Å²) in [4.78, 5) is 0. The molecule has 0 saturated heterocycles. The summed E-state index contributed by atoms with van der Waals surface area (Å²) in [6.07, 6.45) is 18.4. The van der Waals surface area contributed by atoms with E-state index in [-0.39, 0.29) is 11.5 Å². The Morgan fingerprint density at radius 3 is 2.45 bits per heavy atom. The van der Waals surface area contributed by atoms with E-state index in [1.165, 1.54) is 37.7 Å². The van der Waals surface area contributed by atoms with Gasteiger partial charge in [0.25, 0.3) is 0 Å². The summed E-state index contributed by atoms with van der Waals surface area (Å²) in [5, 5.41) is 11.0. The molecule has 0 heterocycles. The molecule has 0 aromatic rings. The number of aliphatic hydroxyl groups is 1. The van der Waals surface area contributed by atoms with E-state index in [2.05, 4.69) is 65.8 Å². The highest BCUT2D eigenvalue weighted by atomic mass is 16.3. The molecule has 0 spiro atoms. The van der Waals surface area contributed by atoms with Crippen LogP contribution in [0.4, 0.5) is 0 Å². The fraction of sp³-hybridized carbons (Fsp3) is 0.786. The van der Waals surface area contributed by atoms with E-state index >= 15 is 0 Å². The van der Waals surface area contributed by atoms with Crippen LogP contribution >= 0.6 is 0 Å². The van der Waals surface area contributed by atoms with E-state index in [1.807, 2.05) is 0 Å². The van der Waals surface area contributed by atoms with E-state index in [0.717, 1.165) is 24.7 Å². The maximum absolute atomic E-state index is 11.0. The molecule has 29 heavy (non-hydrogen) atoms. The topological polar surface area (TPSA) is 20.2 Å². The zero-order valence-electron chi connectivity index (χ0n) is 19.7. The highest BCUT2D eigenvalue weighted by Gasteiger charge is 2.58. The Kier molecular flexibility index (Phi) is 5.69. The number of fused-ring (bicyclic) bond motifs is 5. The average Bonchev–Trinajstić information content (AvgIpc) is 3.04. The molecule has 0 bridgehead atoms. The minimum absolute atomic E-state index is 0.0000345. The second-order valence-corrected chi connectivity index (χ2v) is 11.7. The largest absolute Gasteiger partial charge is 0.392 e. The maximum Gasteiger partial charge on any atom is 0.0636 e. The van der Waals surface area contributed by atoms with Gasteiger partial charge in [0, 0.05) is 5.41 Å². The molecule has 1 N–H and O–H groups in total. The van der Waals surface area contributed by atoms with Gasteiger partial charge in [0.15, 0.2) is 0 Å². The summed E-state index contributed by atoms with van der Waals surface area (Å²) >= 11 is 0. The summed E-state index contributed by atoms with van der Waals surface area (Å²) in [5.74, 6) is 4.12. The second kappa shape index (κ2) is 7.70. The van der Waals surface area contributed by atoms with Gasteiger partial charge in [-0.1, -0.05) is 77.0 Å². The lowest BCUT2D eigenvalue weighted by Crippen LogP contribution is -2.50. The molecule has 1 unspecified atom stereocenters. The van der Waals surface area contributed by atoms with Crippen LogP contribution < -0.4 is 0 Å². The number of hydrogen-bond acceptors (Lipinski definition) is 1. The molecule has 0 amide bonds. The monoisotopic (exact) mass is 396 g/mol. The predicted octanol–water partition coefficient (Wildman–Crippen LogP) is 7.33. The van der Waals surface area contributed by atoms with Crippen LogP contribution in [0.2, 0.25) is 0 Å². The Bertz CT molecular complexity index is 712. The first-order valence-corrected chi connectivity index (χ1v) is 12.5. The Morgan fingerprint density at radius 2 is 1.72 bits per heavy atom. The Morgan fingerprint density at radius 1 is 0.966 bits per heavy atom. The maximum atomic E-state index is 11.0. The molecule has 3 saturated carbocycles. The third-order valence-electron chi connectivity index (χ3n) is 10.1. The molecule has 4 aliphatic carbocycles. The van der Waals surface area contributed by atoms with Crippen molar-refractivity contribution in [1.82, 2.24) is 0 Å². The molecule has 162 valence electrons. The van der Waals surface area contributed by atoms with Crippen molar-refractivity contribution in [3.63, 3.8) is 0 Å². The molecule has 4 rings (SSSR count). The first-order chi connectivity index (χ1) is 13.7. The van der Waals surface area contributed by atoms with Gasteiger partial charge in [-0.05, 0) is 85.9 Å². The van der Waals surface area contributed by atoms with E-state index in [4.69, 9.17) is 0 Å². The smallest absolute Gasteiger partial charge is 0.0636 e. The number of aliphatic hydroxyl groups excluding tert-OH is 1. The molecule has 4 aliphatic rings. The molecular formula is C28H44O. The van der Waals surface area contributed by atoms with Crippen LogP contribution in [0.25, 0.3) is 0 Å². The Hall–Kier alpha value is -0.820. The van der Waals surface area contributed by atoms with Gasteiger partial charge in [-0.15, -0.1) is 0 Å². The molecule has 0 radical (unpaired) electrons. The van der Waals surface area contributed by atoms with Crippen molar-refractivity contribution in [2.45, 2.75) is 92.6 Å². The molecule has 8 atom stereocenters.